The first-order chi connectivity index (χ1) is 15.3. The molecular weight excluding hydrogens is 453 g/mol. The number of carboxylic acid groups (broad SMARTS) is 1. The summed E-state index contributed by atoms with van der Waals surface area (Å²) >= 11 is 12.1. The Morgan fingerprint density at radius 3 is 1.94 bits per heavy atom. The number of nitrogens with one attached hydrogen (secondary N) is 1. The normalized spacial score (nSPS) is 11.5. The minimum atomic E-state index is -1.17. The number of benzene rings is 3. The van der Waals surface area contributed by atoms with Crippen molar-refractivity contribution in [3.8, 4) is 22.6 Å². The van der Waals surface area contributed by atoms with Crippen LogP contribution in [0.25, 0.3) is 11.1 Å². The number of hydrogen-bond donors (Lipinski definition) is 2. The molecule has 0 heterocycles. The number of carbonyl (C=O) groups excluding carboxylic acids is 1. The fraction of sp³-hybridized carbons (Fsp3) is 0.167. The molecule has 0 saturated carbocycles. The molecular formula is C24H21Cl2NO5. The quantitative estimate of drug-likeness (QED) is 0.475. The first-order valence-electron chi connectivity index (χ1n) is 9.63. The summed E-state index contributed by atoms with van der Waals surface area (Å²) in [4.78, 5) is 24.4. The zero-order valence-corrected chi connectivity index (χ0v) is 18.9. The molecule has 3 aromatic rings. The highest BCUT2D eigenvalue weighted by molar-refractivity contribution is 6.39. The van der Waals surface area contributed by atoms with Crippen molar-refractivity contribution in [2.45, 2.75) is 12.5 Å². The lowest BCUT2D eigenvalue weighted by Crippen LogP contribution is -2.42. The molecule has 2 N–H and O–H groups in total. The summed E-state index contributed by atoms with van der Waals surface area (Å²) in [5, 5.41) is 12.4. The number of carboxylic acids is 1. The lowest BCUT2D eigenvalue weighted by Gasteiger charge is -2.17. The van der Waals surface area contributed by atoms with E-state index in [-0.39, 0.29) is 22.0 Å². The third kappa shape index (κ3) is 5.15. The predicted molar refractivity (Wildman–Crippen MR) is 124 cm³/mol. The third-order valence-corrected chi connectivity index (χ3v) is 5.53. The highest BCUT2D eigenvalue weighted by atomic mass is 35.5. The molecule has 3 aromatic carbocycles. The number of rotatable bonds is 8. The van der Waals surface area contributed by atoms with E-state index < -0.39 is 17.9 Å². The van der Waals surface area contributed by atoms with Crippen LogP contribution < -0.4 is 14.8 Å². The van der Waals surface area contributed by atoms with Gasteiger partial charge in [0.1, 0.15) is 17.5 Å². The van der Waals surface area contributed by atoms with Crippen molar-refractivity contribution in [1.82, 2.24) is 5.32 Å². The van der Waals surface area contributed by atoms with Crippen LogP contribution in [0.1, 0.15) is 15.9 Å². The number of methoxy groups -OCH3 is 2. The molecule has 1 amide bonds. The molecule has 166 valence electrons. The second-order valence-electron chi connectivity index (χ2n) is 6.90. The molecule has 0 radical (unpaired) electrons. The van der Waals surface area contributed by atoms with E-state index in [4.69, 9.17) is 32.7 Å². The minimum absolute atomic E-state index is 0.0423. The molecule has 3 rings (SSSR count). The second-order valence-corrected chi connectivity index (χ2v) is 7.71. The number of carbonyl (C=O) groups is 2. The maximum atomic E-state index is 12.6. The van der Waals surface area contributed by atoms with Crippen LogP contribution in [0, 0.1) is 0 Å². The SMILES string of the molecule is COc1cccc(OC)c1-c1ccc(C[C@H](NC(=O)c2c(Cl)cccc2Cl)C(=O)O)cc1. The van der Waals surface area contributed by atoms with Crippen LogP contribution in [-0.4, -0.2) is 37.2 Å². The lowest BCUT2D eigenvalue weighted by atomic mass is 9.99. The largest absolute Gasteiger partial charge is 0.496 e. The maximum absolute atomic E-state index is 12.6. The summed E-state index contributed by atoms with van der Waals surface area (Å²) in [7, 11) is 3.16. The summed E-state index contributed by atoms with van der Waals surface area (Å²) in [5.74, 6) is -0.505. The molecule has 0 fully saturated rings. The number of aliphatic carboxylic acids is 1. The molecule has 6 nitrogen and oxygen atoms in total. The molecule has 0 unspecified atom stereocenters. The Morgan fingerprint density at radius 2 is 1.44 bits per heavy atom. The fourth-order valence-corrected chi connectivity index (χ4v) is 3.89. The lowest BCUT2D eigenvalue weighted by molar-refractivity contribution is -0.139. The van der Waals surface area contributed by atoms with Gasteiger partial charge < -0.3 is 19.9 Å². The first-order valence-corrected chi connectivity index (χ1v) is 10.4. The second kappa shape index (κ2) is 10.4. The van der Waals surface area contributed by atoms with Crippen LogP contribution in [-0.2, 0) is 11.2 Å². The summed E-state index contributed by atoms with van der Waals surface area (Å²) in [6.07, 6.45) is 0.0759. The van der Waals surface area contributed by atoms with Gasteiger partial charge in [0.15, 0.2) is 0 Å². The van der Waals surface area contributed by atoms with Gasteiger partial charge in [-0.25, -0.2) is 4.79 Å². The third-order valence-electron chi connectivity index (χ3n) is 4.90. The Morgan fingerprint density at radius 1 is 0.906 bits per heavy atom. The van der Waals surface area contributed by atoms with Gasteiger partial charge in [-0.1, -0.05) is 59.6 Å². The number of amides is 1. The Balaban J connectivity index is 1.82. The average molecular weight is 474 g/mol. The van der Waals surface area contributed by atoms with E-state index in [1.165, 1.54) is 12.1 Å². The van der Waals surface area contributed by atoms with E-state index in [1.807, 2.05) is 30.3 Å². The molecule has 1 atom stereocenters. The van der Waals surface area contributed by atoms with Crippen molar-refractivity contribution < 1.29 is 24.2 Å². The molecule has 0 aliphatic carbocycles. The summed E-state index contributed by atoms with van der Waals surface area (Å²) in [6, 6.07) is 16.3. The van der Waals surface area contributed by atoms with Crippen LogP contribution in [0.2, 0.25) is 10.0 Å². The zero-order chi connectivity index (χ0) is 23.3. The van der Waals surface area contributed by atoms with Gasteiger partial charge in [0.25, 0.3) is 5.91 Å². The highest BCUT2D eigenvalue weighted by Gasteiger charge is 2.24. The molecule has 0 aliphatic heterocycles. The maximum Gasteiger partial charge on any atom is 0.326 e. The van der Waals surface area contributed by atoms with E-state index in [0.29, 0.717) is 11.5 Å². The van der Waals surface area contributed by atoms with Crippen molar-refractivity contribution in [3.05, 3.63) is 81.8 Å². The van der Waals surface area contributed by atoms with E-state index in [0.717, 1.165) is 16.7 Å². The fourth-order valence-electron chi connectivity index (χ4n) is 3.32. The highest BCUT2D eigenvalue weighted by Crippen LogP contribution is 2.38. The summed E-state index contributed by atoms with van der Waals surface area (Å²) < 4.78 is 10.9. The molecule has 0 saturated heterocycles. The molecule has 8 heteroatoms. The van der Waals surface area contributed by atoms with Gasteiger partial charge in [-0.05, 0) is 35.4 Å². The van der Waals surface area contributed by atoms with Crippen LogP contribution in [0.15, 0.2) is 60.7 Å². The van der Waals surface area contributed by atoms with Crippen molar-refractivity contribution in [2.75, 3.05) is 14.2 Å². The standard InChI is InChI=1S/C24H21Cl2NO5/c1-31-19-7-4-8-20(32-2)21(19)15-11-9-14(10-12-15)13-18(24(29)30)27-23(28)22-16(25)5-3-6-17(22)26/h3-12,18H,13H2,1-2H3,(H,27,28)(H,29,30)/t18-/m0/s1. The smallest absolute Gasteiger partial charge is 0.326 e. The molecule has 0 aliphatic rings. The van der Waals surface area contributed by atoms with E-state index in [1.54, 1.807) is 32.4 Å². The summed E-state index contributed by atoms with van der Waals surface area (Å²) in [5.41, 5.74) is 2.41. The summed E-state index contributed by atoms with van der Waals surface area (Å²) in [6.45, 7) is 0. The molecule has 0 aromatic heterocycles. The van der Waals surface area contributed by atoms with Gasteiger partial charge in [-0.2, -0.15) is 0 Å². The van der Waals surface area contributed by atoms with Gasteiger partial charge in [-0.3, -0.25) is 4.79 Å². The van der Waals surface area contributed by atoms with Gasteiger partial charge in [0.05, 0.1) is 35.4 Å². The number of halogens is 2. The van der Waals surface area contributed by atoms with Crippen LogP contribution in [0.5, 0.6) is 11.5 Å². The topological polar surface area (TPSA) is 84.9 Å². The van der Waals surface area contributed by atoms with Crippen molar-refractivity contribution in [2.24, 2.45) is 0 Å². The number of hydrogen-bond acceptors (Lipinski definition) is 4. The molecule has 0 bridgehead atoms. The Bertz CT molecular complexity index is 1090. The Kier molecular flexibility index (Phi) is 7.62. The van der Waals surface area contributed by atoms with Crippen molar-refractivity contribution in [3.63, 3.8) is 0 Å². The Labute approximate surface area is 195 Å². The molecule has 32 heavy (non-hydrogen) atoms. The van der Waals surface area contributed by atoms with E-state index in [9.17, 15) is 14.7 Å². The molecule has 0 spiro atoms. The number of ether oxygens (including phenoxy) is 2. The predicted octanol–water partition coefficient (Wildman–Crippen LogP) is 5.10. The zero-order valence-electron chi connectivity index (χ0n) is 17.4. The van der Waals surface area contributed by atoms with Gasteiger partial charge in [0, 0.05) is 6.42 Å². The van der Waals surface area contributed by atoms with E-state index in [2.05, 4.69) is 5.32 Å². The van der Waals surface area contributed by atoms with Gasteiger partial charge in [-0.15, -0.1) is 0 Å². The average Bonchev–Trinajstić information content (AvgIpc) is 2.78. The Hall–Kier alpha value is -3.22. The van der Waals surface area contributed by atoms with Crippen LogP contribution >= 0.6 is 23.2 Å². The van der Waals surface area contributed by atoms with Crippen molar-refractivity contribution >= 4 is 35.1 Å². The minimum Gasteiger partial charge on any atom is -0.496 e. The van der Waals surface area contributed by atoms with Crippen LogP contribution in [0.3, 0.4) is 0 Å². The monoisotopic (exact) mass is 473 g/mol. The van der Waals surface area contributed by atoms with Gasteiger partial charge in [0.2, 0.25) is 0 Å². The van der Waals surface area contributed by atoms with Crippen LogP contribution in [0.4, 0.5) is 0 Å². The van der Waals surface area contributed by atoms with E-state index >= 15 is 0 Å². The van der Waals surface area contributed by atoms with Gasteiger partial charge >= 0.3 is 5.97 Å². The first kappa shape index (κ1) is 23.4. The van der Waals surface area contributed by atoms with Crippen molar-refractivity contribution in [1.29, 1.82) is 0 Å².